The number of methoxy groups -OCH3 is 2. The number of carbonyl (C=O) groups is 2. The predicted octanol–water partition coefficient (Wildman–Crippen LogP) is 2.16. The highest BCUT2D eigenvalue weighted by atomic mass is 32.1. The van der Waals surface area contributed by atoms with Crippen molar-refractivity contribution in [3.63, 3.8) is 0 Å². The fraction of sp³-hybridized carbons (Fsp3) is 0.333. The molecule has 0 aliphatic rings. The van der Waals surface area contributed by atoms with Crippen LogP contribution in [0.5, 0.6) is 11.5 Å². The molecule has 0 aliphatic heterocycles. The van der Waals surface area contributed by atoms with Crippen LogP contribution in [-0.2, 0) is 11.2 Å². The molecule has 2 rings (SSSR count). The molecule has 7 heteroatoms. The van der Waals surface area contributed by atoms with Crippen LogP contribution in [-0.4, -0.2) is 39.1 Å². The molecule has 0 atom stereocenters. The van der Waals surface area contributed by atoms with Gasteiger partial charge in [-0.1, -0.05) is 6.07 Å². The quantitative estimate of drug-likeness (QED) is 0.754. The van der Waals surface area contributed by atoms with Gasteiger partial charge in [0.1, 0.15) is 0 Å². The molecule has 1 aromatic carbocycles. The topological polar surface area (TPSA) is 76.7 Å². The molecular weight excluding hydrogens is 340 g/mol. The van der Waals surface area contributed by atoms with Crippen LogP contribution in [0.3, 0.4) is 0 Å². The summed E-state index contributed by atoms with van der Waals surface area (Å²) in [6, 6.07) is 7.52. The van der Waals surface area contributed by atoms with E-state index in [-0.39, 0.29) is 18.4 Å². The summed E-state index contributed by atoms with van der Waals surface area (Å²) in [5.41, 5.74) is 1.94. The van der Waals surface area contributed by atoms with Crippen molar-refractivity contribution in [2.75, 3.05) is 27.3 Å². The Morgan fingerprint density at radius 1 is 1.08 bits per heavy atom. The van der Waals surface area contributed by atoms with Crippen molar-refractivity contribution in [2.24, 2.45) is 0 Å². The van der Waals surface area contributed by atoms with Gasteiger partial charge in [-0.3, -0.25) is 9.59 Å². The molecule has 1 aromatic heterocycles. The second kappa shape index (κ2) is 9.08. The van der Waals surface area contributed by atoms with E-state index in [0.29, 0.717) is 29.3 Å². The molecule has 0 unspecified atom stereocenters. The first kappa shape index (κ1) is 18.8. The van der Waals surface area contributed by atoms with E-state index < -0.39 is 0 Å². The zero-order valence-corrected chi connectivity index (χ0v) is 15.4. The summed E-state index contributed by atoms with van der Waals surface area (Å²) in [6.45, 7) is 2.30. The van der Waals surface area contributed by atoms with Gasteiger partial charge < -0.3 is 20.1 Å². The minimum Gasteiger partial charge on any atom is -0.493 e. The highest BCUT2D eigenvalue weighted by molar-refractivity contribution is 7.12. The minimum atomic E-state index is -0.220. The van der Waals surface area contributed by atoms with Crippen LogP contribution in [0.25, 0.3) is 0 Å². The molecule has 2 aromatic rings. The average molecular weight is 362 g/mol. The van der Waals surface area contributed by atoms with E-state index in [0.717, 1.165) is 11.1 Å². The Hall–Kier alpha value is -2.54. The molecule has 0 bridgehead atoms. The minimum absolute atomic E-state index is 0.0396. The lowest BCUT2D eigenvalue weighted by Crippen LogP contribution is -2.37. The largest absolute Gasteiger partial charge is 0.493 e. The summed E-state index contributed by atoms with van der Waals surface area (Å²) in [4.78, 5) is 24.4. The predicted molar refractivity (Wildman–Crippen MR) is 97.6 cm³/mol. The number of amides is 2. The van der Waals surface area contributed by atoms with Gasteiger partial charge in [0.15, 0.2) is 11.5 Å². The molecule has 134 valence electrons. The van der Waals surface area contributed by atoms with Crippen molar-refractivity contribution in [1.29, 1.82) is 0 Å². The lowest BCUT2D eigenvalue weighted by Gasteiger charge is -2.10. The van der Waals surface area contributed by atoms with Gasteiger partial charge in [-0.25, -0.2) is 0 Å². The summed E-state index contributed by atoms with van der Waals surface area (Å²) >= 11 is 1.37. The third-order valence-electron chi connectivity index (χ3n) is 3.66. The van der Waals surface area contributed by atoms with Crippen LogP contribution in [0, 0.1) is 6.92 Å². The van der Waals surface area contributed by atoms with Crippen molar-refractivity contribution in [2.45, 2.75) is 13.3 Å². The van der Waals surface area contributed by atoms with E-state index in [1.165, 1.54) is 11.3 Å². The number of nitrogens with one attached hydrogen (secondary N) is 2. The SMILES string of the molecule is COc1ccc(CCNC(=O)CNC(=O)c2sccc2C)cc1OC. The molecule has 0 spiro atoms. The first-order chi connectivity index (χ1) is 12.0. The van der Waals surface area contributed by atoms with Crippen LogP contribution in [0.2, 0.25) is 0 Å². The number of aryl methyl sites for hydroxylation is 1. The van der Waals surface area contributed by atoms with Gasteiger partial charge in [0, 0.05) is 6.54 Å². The van der Waals surface area contributed by atoms with Gasteiger partial charge in [0.2, 0.25) is 5.91 Å². The van der Waals surface area contributed by atoms with Crippen molar-refractivity contribution < 1.29 is 19.1 Å². The van der Waals surface area contributed by atoms with Gasteiger partial charge >= 0.3 is 0 Å². The number of thiophene rings is 1. The van der Waals surface area contributed by atoms with Crippen molar-refractivity contribution in [1.82, 2.24) is 10.6 Å². The summed E-state index contributed by atoms with van der Waals surface area (Å²) < 4.78 is 10.4. The van der Waals surface area contributed by atoms with Crippen molar-refractivity contribution >= 4 is 23.2 Å². The summed E-state index contributed by atoms with van der Waals surface area (Å²) in [7, 11) is 3.17. The third-order valence-corrected chi connectivity index (χ3v) is 4.68. The Balaban J connectivity index is 1.75. The summed E-state index contributed by atoms with van der Waals surface area (Å²) in [5, 5.41) is 7.28. The first-order valence-electron chi connectivity index (χ1n) is 7.85. The zero-order chi connectivity index (χ0) is 18.2. The van der Waals surface area contributed by atoms with E-state index in [9.17, 15) is 9.59 Å². The monoisotopic (exact) mass is 362 g/mol. The number of benzene rings is 1. The normalized spacial score (nSPS) is 10.2. The van der Waals surface area contributed by atoms with Gasteiger partial charge in [0.05, 0.1) is 25.6 Å². The maximum atomic E-state index is 12.0. The molecule has 1 heterocycles. The highest BCUT2D eigenvalue weighted by Crippen LogP contribution is 2.27. The lowest BCUT2D eigenvalue weighted by molar-refractivity contribution is -0.120. The smallest absolute Gasteiger partial charge is 0.262 e. The molecule has 0 radical (unpaired) electrons. The summed E-state index contributed by atoms with van der Waals surface area (Å²) in [5.74, 6) is 0.886. The second-order valence-corrected chi connectivity index (χ2v) is 6.32. The number of ether oxygens (including phenoxy) is 2. The fourth-order valence-electron chi connectivity index (χ4n) is 2.29. The number of rotatable bonds is 8. The van der Waals surface area contributed by atoms with E-state index in [1.54, 1.807) is 14.2 Å². The molecule has 25 heavy (non-hydrogen) atoms. The molecule has 0 saturated heterocycles. The van der Waals surface area contributed by atoms with Crippen LogP contribution in [0.4, 0.5) is 0 Å². The number of hydrogen-bond acceptors (Lipinski definition) is 5. The molecule has 6 nitrogen and oxygen atoms in total. The van der Waals surface area contributed by atoms with E-state index in [1.807, 2.05) is 36.6 Å². The second-order valence-electron chi connectivity index (χ2n) is 5.40. The van der Waals surface area contributed by atoms with Crippen molar-refractivity contribution in [3.05, 3.63) is 45.6 Å². The Kier molecular flexibility index (Phi) is 6.82. The highest BCUT2D eigenvalue weighted by Gasteiger charge is 2.11. The molecular formula is C18H22N2O4S. The zero-order valence-electron chi connectivity index (χ0n) is 14.5. The molecule has 2 N–H and O–H groups in total. The van der Waals surface area contributed by atoms with Gasteiger partial charge in [-0.2, -0.15) is 0 Å². The fourth-order valence-corrected chi connectivity index (χ4v) is 3.13. The van der Waals surface area contributed by atoms with Crippen LogP contribution in [0.15, 0.2) is 29.6 Å². The summed E-state index contributed by atoms with van der Waals surface area (Å²) in [6.07, 6.45) is 0.657. The Morgan fingerprint density at radius 3 is 2.48 bits per heavy atom. The van der Waals surface area contributed by atoms with Crippen LogP contribution >= 0.6 is 11.3 Å². The van der Waals surface area contributed by atoms with Gasteiger partial charge in [0.25, 0.3) is 5.91 Å². The average Bonchev–Trinajstić information content (AvgIpc) is 3.05. The van der Waals surface area contributed by atoms with E-state index in [4.69, 9.17) is 9.47 Å². The van der Waals surface area contributed by atoms with Crippen LogP contribution < -0.4 is 20.1 Å². The molecule has 2 amide bonds. The molecule has 0 saturated carbocycles. The first-order valence-corrected chi connectivity index (χ1v) is 8.73. The lowest BCUT2D eigenvalue weighted by atomic mass is 10.1. The number of carbonyl (C=O) groups excluding carboxylic acids is 2. The Morgan fingerprint density at radius 2 is 1.84 bits per heavy atom. The standard InChI is InChI=1S/C18H22N2O4S/c1-12-7-9-25-17(12)18(22)20-11-16(21)19-8-6-13-4-5-14(23-2)15(10-13)24-3/h4-5,7,9-10H,6,8,11H2,1-3H3,(H,19,21)(H,20,22). The van der Waals surface area contributed by atoms with Gasteiger partial charge in [-0.05, 0) is 48.1 Å². The maximum absolute atomic E-state index is 12.0. The number of hydrogen-bond donors (Lipinski definition) is 2. The van der Waals surface area contributed by atoms with E-state index >= 15 is 0 Å². The molecule has 0 aliphatic carbocycles. The Labute approximate surface area is 151 Å². The van der Waals surface area contributed by atoms with Crippen molar-refractivity contribution in [3.8, 4) is 11.5 Å². The maximum Gasteiger partial charge on any atom is 0.262 e. The van der Waals surface area contributed by atoms with Crippen LogP contribution in [0.1, 0.15) is 20.8 Å². The van der Waals surface area contributed by atoms with Gasteiger partial charge in [-0.15, -0.1) is 11.3 Å². The third kappa shape index (κ3) is 5.22. The van der Waals surface area contributed by atoms with E-state index in [2.05, 4.69) is 10.6 Å². The molecule has 0 fully saturated rings. The Bertz CT molecular complexity index is 742.